The minimum Gasteiger partial charge on any atom is -0.478 e. The van der Waals surface area contributed by atoms with Gasteiger partial charge in [-0.3, -0.25) is 4.79 Å². The summed E-state index contributed by atoms with van der Waals surface area (Å²) in [6, 6.07) is 6.19. The number of anilines is 1. The van der Waals surface area contributed by atoms with Gasteiger partial charge in [-0.15, -0.1) is 0 Å². The Morgan fingerprint density at radius 2 is 1.81 bits per heavy atom. The van der Waals surface area contributed by atoms with Crippen molar-refractivity contribution in [2.24, 2.45) is 0 Å². The molecule has 0 aliphatic heterocycles. The molecule has 0 atom stereocenters. The predicted octanol–water partition coefficient (Wildman–Crippen LogP) is 3.57. The van der Waals surface area contributed by atoms with Crippen LogP contribution in [0.5, 0.6) is 0 Å². The van der Waals surface area contributed by atoms with E-state index in [1.807, 2.05) is 0 Å². The van der Waals surface area contributed by atoms with Crippen LogP contribution in [0, 0.1) is 11.6 Å². The zero-order chi connectivity index (χ0) is 15.6. The molecule has 2 rings (SSSR count). The Labute approximate surface area is 123 Å². The molecule has 0 spiro atoms. The summed E-state index contributed by atoms with van der Waals surface area (Å²) >= 11 is 5.84. The van der Waals surface area contributed by atoms with Crippen LogP contribution < -0.4 is 5.32 Å². The van der Waals surface area contributed by atoms with Crippen molar-refractivity contribution in [1.29, 1.82) is 0 Å². The molecule has 0 aliphatic carbocycles. The monoisotopic (exact) mass is 311 g/mol. The van der Waals surface area contributed by atoms with E-state index in [4.69, 9.17) is 16.7 Å². The van der Waals surface area contributed by atoms with E-state index in [2.05, 4.69) is 5.32 Å². The molecule has 0 fully saturated rings. The van der Waals surface area contributed by atoms with E-state index in [1.54, 1.807) is 0 Å². The second-order valence-electron chi connectivity index (χ2n) is 4.08. The average molecular weight is 312 g/mol. The lowest BCUT2D eigenvalue weighted by atomic mass is 10.1. The van der Waals surface area contributed by atoms with E-state index < -0.39 is 23.5 Å². The zero-order valence-corrected chi connectivity index (χ0v) is 11.1. The Balaban J connectivity index is 2.31. The normalized spacial score (nSPS) is 10.2. The van der Waals surface area contributed by atoms with Gasteiger partial charge in [-0.2, -0.15) is 0 Å². The fraction of sp³-hybridized carbons (Fsp3) is 0. The number of rotatable bonds is 3. The summed E-state index contributed by atoms with van der Waals surface area (Å²) in [7, 11) is 0. The molecular formula is C14H8ClF2NO3. The molecule has 21 heavy (non-hydrogen) atoms. The molecule has 0 heterocycles. The lowest BCUT2D eigenvalue weighted by Crippen LogP contribution is -2.14. The largest absolute Gasteiger partial charge is 0.478 e. The molecule has 0 aromatic heterocycles. The fourth-order valence-electron chi connectivity index (χ4n) is 1.62. The number of carbonyl (C=O) groups is 2. The van der Waals surface area contributed by atoms with Crippen molar-refractivity contribution in [3.05, 3.63) is 64.2 Å². The Hall–Kier alpha value is -2.47. The maximum Gasteiger partial charge on any atom is 0.335 e. The molecule has 4 nitrogen and oxygen atoms in total. The zero-order valence-electron chi connectivity index (χ0n) is 10.4. The van der Waals surface area contributed by atoms with Crippen LogP contribution in [-0.2, 0) is 0 Å². The number of halogens is 3. The third-order valence-corrected chi connectivity index (χ3v) is 2.97. The Kier molecular flexibility index (Phi) is 4.18. The average Bonchev–Trinajstić information content (AvgIpc) is 2.40. The highest BCUT2D eigenvalue weighted by atomic mass is 35.5. The van der Waals surface area contributed by atoms with E-state index in [-0.39, 0.29) is 21.8 Å². The number of carboxylic acids is 1. The van der Waals surface area contributed by atoms with Crippen LogP contribution in [0.15, 0.2) is 36.4 Å². The number of benzene rings is 2. The van der Waals surface area contributed by atoms with Crippen molar-refractivity contribution in [2.45, 2.75) is 0 Å². The van der Waals surface area contributed by atoms with Crippen LogP contribution in [-0.4, -0.2) is 17.0 Å². The number of hydrogen-bond acceptors (Lipinski definition) is 2. The molecule has 2 N–H and O–H groups in total. The second kappa shape index (κ2) is 5.88. The molecular weight excluding hydrogens is 304 g/mol. The van der Waals surface area contributed by atoms with E-state index in [0.29, 0.717) is 6.07 Å². The van der Waals surface area contributed by atoms with E-state index >= 15 is 0 Å². The molecule has 0 aliphatic rings. The molecule has 0 unspecified atom stereocenters. The van der Waals surface area contributed by atoms with Crippen LogP contribution in [0.25, 0.3) is 0 Å². The van der Waals surface area contributed by atoms with Crippen LogP contribution >= 0.6 is 11.6 Å². The van der Waals surface area contributed by atoms with Crippen molar-refractivity contribution < 1.29 is 23.5 Å². The second-order valence-corrected chi connectivity index (χ2v) is 4.49. The first-order valence-corrected chi connectivity index (χ1v) is 6.05. The summed E-state index contributed by atoms with van der Waals surface area (Å²) in [6.07, 6.45) is 0. The van der Waals surface area contributed by atoms with Crippen LogP contribution in [0.1, 0.15) is 20.7 Å². The number of hydrogen-bond donors (Lipinski definition) is 2. The first-order valence-electron chi connectivity index (χ1n) is 5.67. The van der Waals surface area contributed by atoms with Crippen molar-refractivity contribution in [2.75, 3.05) is 5.32 Å². The summed E-state index contributed by atoms with van der Waals surface area (Å²) in [6.45, 7) is 0. The molecule has 108 valence electrons. The van der Waals surface area contributed by atoms with Gasteiger partial charge in [0.15, 0.2) is 0 Å². The number of amides is 1. The summed E-state index contributed by atoms with van der Waals surface area (Å²) < 4.78 is 26.3. The highest BCUT2D eigenvalue weighted by molar-refractivity contribution is 6.34. The predicted molar refractivity (Wildman–Crippen MR) is 72.7 cm³/mol. The third-order valence-electron chi connectivity index (χ3n) is 2.64. The van der Waals surface area contributed by atoms with E-state index in [9.17, 15) is 18.4 Å². The lowest BCUT2D eigenvalue weighted by Gasteiger charge is -2.09. The maximum absolute atomic E-state index is 13.5. The summed E-state index contributed by atoms with van der Waals surface area (Å²) in [4.78, 5) is 22.8. The van der Waals surface area contributed by atoms with Gasteiger partial charge in [-0.1, -0.05) is 11.6 Å². The van der Waals surface area contributed by atoms with E-state index in [1.165, 1.54) is 12.1 Å². The number of carbonyl (C=O) groups excluding carboxylic acids is 1. The molecule has 1 amide bonds. The molecule has 7 heteroatoms. The summed E-state index contributed by atoms with van der Waals surface area (Å²) in [5.74, 6) is -3.90. The van der Waals surface area contributed by atoms with Crippen molar-refractivity contribution in [1.82, 2.24) is 0 Å². The first-order chi connectivity index (χ1) is 9.88. The maximum atomic E-state index is 13.5. The minimum atomic E-state index is -1.20. The summed E-state index contributed by atoms with van der Waals surface area (Å²) in [5, 5.41) is 11.2. The highest BCUT2D eigenvalue weighted by Gasteiger charge is 2.15. The van der Waals surface area contributed by atoms with E-state index in [0.717, 1.165) is 18.2 Å². The van der Waals surface area contributed by atoms with Gasteiger partial charge in [0.1, 0.15) is 11.6 Å². The smallest absolute Gasteiger partial charge is 0.335 e. The molecule has 0 saturated heterocycles. The van der Waals surface area contributed by atoms with Gasteiger partial charge in [-0.25, -0.2) is 13.6 Å². The van der Waals surface area contributed by atoms with Gasteiger partial charge in [0.25, 0.3) is 5.91 Å². The van der Waals surface area contributed by atoms with Crippen molar-refractivity contribution in [3.8, 4) is 0 Å². The van der Waals surface area contributed by atoms with Crippen LogP contribution in [0.3, 0.4) is 0 Å². The fourth-order valence-corrected chi connectivity index (χ4v) is 1.78. The molecule has 2 aromatic carbocycles. The molecule has 0 saturated carbocycles. The minimum absolute atomic E-state index is 0.0188. The van der Waals surface area contributed by atoms with Gasteiger partial charge < -0.3 is 10.4 Å². The number of aromatic carboxylic acids is 1. The summed E-state index contributed by atoms with van der Waals surface area (Å²) in [5.41, 5.74) is -0.451. The molecule has 2 aromatic rings. The topological polar surface area (TPSA) is 66.4 Å². The third kappa shape index (κ3) is 3.35. The van der Waals surface area contributed by atoms with Gasteiger partial charge in [0, 0.05) is 6.07 Å². The van der Waals surface area contributed by atoms with Gasteiger partial charge in [0.05, 0.1) is 21.8 Å². The van der Waals surface area contributed by atoms with Gasteiger partial charge in [-0.05, 0) is 30.3 Å². The Morgan fingerprint density at radius 3 is 2.43 bits per heavy atom. The number of carboxylic acid groups (broad SMARTS) is 1. The Bertz CT molecular complexity index is 734. The Morgan fingerprint density at radius 1 is 1.10 bits per heavy atom. The standard InChI is InChI=1S/C14H8ClF2NO3/c15-10-4-1-7(14(20)21)5-12(10)18-13(19)9-3-2-8(16)6-11(9)17/h1-6H,(H,18,19)(H,20,21). The van der Waals surface area contributed by atoms with Crippen molar-refractivity contribution >= 4 is 29.2 Å². The highest BCUT2D eigenvalue weighted by Crippen LogP contribution is 2.24. The lowest BCUT2D eigenvalue weighted by molar-refractivity contribution is 0.0696. The molecule has 0 radical (unpaired) electrons. The van der Waals surface area contributed by atoms with Crippen LogP contribution in [0.4, 0.5) is 14.5 Å². The quantitative estimate of drug-likeness (QED) is 0.910. The molecule has 0 bridgehead atoms. The SMILES string of the molecule is O=C(O)c1ccc(Cl)c(NC(=O)c2ccc(F)cc2F)c1. The van der Waals surface area contributed by atoms with Crippen LogP contribution in [0.2, 0.25) is 5.02 Å². The number of nitrogens with one attached hydrogen (secondary N) is 1. The van der Waals surface area contributed by atoms with Gasteiger partial charge in [0.2, 0.25) is 0 Å². The van der Waals surface area contributed by atoms with Crippen molar-refractivity contribution in [3.63, 3.8) is 0 Å². The van der Waals surface area contributed by atoms with Gasteiger partial charge >= 0.3 is 5.97 Å². The first kappa shape index (κ1) is 14.9.